The number of hydrogen-bond donors (Lipinski definition) is 0. The van der Waals surface area contributed by atoms with Crippen molar-refractivity contribution in [1.29, 1.82) is 0 Å². The third-order valence-corrected chi connectivity index (χ3v) is 5.01. The minimum Gasteiger partial charge on any atom is -0.484 e. The summed E-state index contributed by atoms with van der Waals surface area (Å²) in [5, 5.41) is 0. The summed E-state index contributed by atoms with van der Waals surface area (Å²) in [6.45, 7) is 2.40. The zero-order valence-electron chi connectivity index (χ0n) is 15.9. The Balaban J connectivity index is 1.63. The number of halogens is 3. The monoisotopic (exact) mass is 400 g/mol. The Hall–Kier alpha value is -1.80. The Morgan fingerprint density at radius 2 is 2.04 bits per heavy atom. The summed E-state index contributed by atoms with van der Waals surface area (Å²) >= 11 is 0. The van der Waals surface area contributed by atoms with Gasteiger partial charge in [0.2, 0.25) is 5.91 Å². The van der Waals surface area contributed by atoms with E-state index < -0.39 is 12.8 Å². The van der Waals surface area contributed by atoms with Crippen LogP contribution in [0.3, 0.4) is 0 Å². The fraction of sp³-hybridized carbons (Fsp3) is 0.650. The zero-order chi connectivity index (χ0) is 20.0. The highest BCUT2D eigenvalue weighted by molar-refractivity contribution is 5.78. The number of carbonyl (C=O) groups is 1. The van der Waals surface area contributed by atoms with Crippen molar-refractivity contribution in [2.45, 2.75) is 44.5 Å². The molecule has 0 bridgehead atoms. The first-order valence-corrected chi connectivity index (χ1v) is 9.79. The molecule has 156 valence electrons. The molecule has 2 fully saturated rings. The average molecular weight is 400 g/mol. The molecule has 1 amide bonds. The number of carbonyl (C=O) groups excluding carboxylic acids is 1. The first-order valence-electron chi connectivity index (χ1n) is 9.79. The van der Waals surface area contributed by atoms with E-state index in [9.17, 15) is 18.0 Å². The van der Waals surface area contributed by atoms with Crippen molar-refractivity contribution in [3.63, 3.8) is 0 Å². The van der Waals surface area contributed by atoms with Gasteiger partial charge in [0.25, 0.3) is 0 Å². The quantitative estimate of drug-likeness (QED) is 0.672. The fourth-order valence-electron chi connectivity index (χ4n) is 3.68. The van der Waals surface area contributed by atoms with E-state index in [2.05, 4.69) is 0 Å². The molecular formula is C20H27F3N2O3. The van der Waals surface area contributed by atoms with Gasteiger partial charge in [-0.2, -0.15) is 13.2 Å². The average Bonchev–Trinajstić information content (AvgIpc) is 3.33. The molecule has 0 radical (unpaired) electrons. The van der Waals surface area contributed by atoms with Crippen LogP contribution in [0.25, 0.3) is 0 Å². The minimum atomic E-state index is -4.37. The Labute approximate surface area is 163 Å². The Bertz CT molecular complexity index is 642. The molecule has 2 aliphatic rings. The number of nitrogens with zero attached hydrogens (tertiary/aromatic N) is 2. The molecule has 2 saturated heterocycles. The maximum absolute atomic E-state index is 12.6. The first-order chi connectivity index (χ1) is 13.4. The maximum Gasteiger partial charge on any atom is 0.422 e. The number of hydrogen-bond acceptors (Lipinski definition) is 4. The Morgan fingerprint density at radius 1 is 1.25 bits per heavy atom. The van der Waals surface area contributed by atoms with Gasteiger partial charge in [-0.3, -0.25) is 9.69 Å². The predicted molar refractivity (Wildman–Crippen MR) is 98.1 cm³/mol. The van der Waals surface area contributed by atoms with Crippen LogP contribution < -0.4 is 4.74 Å². The molecule has 3 rings (SSSR count). The van der Waals surface area contributed by atoms with Crippen LogP contribution in [0, 0.1) is 0 Å². The third kappa shape index (κ3) is 6.67. The second-order valence-corrected chi connectivity index (χ2v) is 7.44. The Kier molecular flexibility index (Phi) is 7.18. The number of amides is 1. The molecule has 1 atom stereocenters. The van der Waals surface area contributed by atoms with Gasteiger partial charge >= 0.3 is 6.18 Å². The molecule has 0 aromatic heterocycles. The van der Waals surface area contributed by atoms with Crippen molar-refractivity contribution >= 4 is 5.91 Å². The van der Waals surface area contributed by atoms with E-state index in [0.717, 1.165) is 50.9 Å². The third-order valence-electron chi connectivity index (χ3n) is 5.01. The topological polar surface area (TPSA) is 42.0 Å². The number of ether oxygens (including phenoxy) is 2. The van der Waals surface area contributed by atoms with Crippen LogP contribution in [0.4, 0.5) is 13.2 Å². The summed E-state index contributed by atoms with van der Waals surface area (Å²) < 4.78 is 47.7. The molecule has 0 N–H and O–H groups in total. The maximum atomic E-state index is 12.6. The molecule has 2 heterocycles. The molecule has 0 saturated carbocycles. The van der Waals surface area contributed by atoms with E-state index in [1.54, 1.807) is 12.1 Å². The van der Waals surface area contributed by atoms with E-state index in [0.29, 0.717) is 13.1 Å². The highest BCUT2D eigenvalue weighted by Crippen LogP contribution is 2.21. The normalized spacial score (nSPS) is 20.1. The van der Waals surface area contributed by atoms with Crippen LogP contribution in [0.15, 0.2) is 24.3 Å². The molecule has 8 heteroatoms. The number of rotatable bonds is 8. The standard InChI is InChI=1S/C20H27F3N2O3/c21-20(22,23)15-28-17-6-3-5-16(11-17)12-24(13-18-7-4-10-27-18)14-19(26)25-8-1-2-9-25/h3,5-6,11,18H,1-2,4,7-10,12-15H2/t18-/m1/s1. The van der Waals surface area contributed by atoms with E-state index >= 15 is 0 Å². The zero-order valence-corrected chi connectivity index (χ0v) is 15.9. The van der Waals surface area contributed by atoms with Gasteiger partial charge in [-0.25, -0.2) is 0 Å². The molecule has 2 aliphatic heterocycles. The van der Waals surface area contributed by atoms with E-state index in [1.165, 1.54) is 6.07 Å². The lowest BCUT2D eigenvalue weighted by atomic mass is 10.1. The van der Waals surface area contributed by atoms with Gasteiger partial charge < -0.3 is 14.4 Å². The van der Waals surface area contributed by atoms with Crippen molar-refractivity contribution in [3.05, 3.63) is 29.8 Å². The van der Waals surface area contributed by atoms with Gasteiger partial charge in [0.1, 0.15) is 5.75 Å². The molecule has 1 aromatic carbocycles. The van der Waals surface area contributed by atoms with Crippen LogP contribution in [0.1, 0.15) is 31.2 Å². The van der Waals surface area contributed by atoms with Crippen molar-refractivity contribution in [3.8, 4) is 5.75 Å². The first kappa shape index (κ1) is 20.9. The van der Waals surface area contributed by atoms with Gasteiger partial charge in [0.05, 0.1) is 12.6 Å². The smallest absolute Gasteiger partial charge is 0.422 e. The molecule has 1 aromatic rings. The van der Waals surface area contributed by atoms with Crippen LogP contribution >= 0.6 is 0 Å². The minimum absolute atomic E-state index is 0.0936. The largest absolute Gasteiger partial charge is 0.484 e. The van der Waals surface area contributed by atoms with Crippen molar-refractivity contribution in [2.75, 3.05) is 39.4 Å². The van der Waals surface area contributed by atoms with Crippen molar-refractivity contribution in [1.82, 2.24) is 9.80 Å². The summed E-state index contributed by atoms with van der Waals surface area (Å²) in [6, 6.07) is 6.63. The van der Waals surface area contributed by atoms with Gasteiger partial charge in [-0.1, -0.05) is 12.1 Å². The lowest BCUT2D eigenvalue weighted by Gasteiger charge is -2.27. The highest BCUT2D eigenvalue weighted by Gasteiger charge is 2.28. The predicted octanol–water partition coefficient (Wildman–Crippen LogP) is 3.23. The van der Waals surface area contributed by atoms with Crippen LogP contribution in [0.5, 0.6) is 5.75 Å². The molecular weight excluding hydrogens is 373 g/mol. The lowest BCUT2D eigenvalue weighted by Crippen LogP contribution is -2.41. The summed E-state index contributed by atoms with van der Waals surface area (Å²) in [7, 11) is 0. The number of alkyl halides is 3. The molecule has 0 aliphatic carbocycles. The second-order valence-electron chi connectivity index (χ2n) is 7.44. The van der Waals surface area contributed by atoms with E-state index in [1.807, 2.05) is 15.9 Å². The van der Waals surface area contributed by atoms with Crippen LogP contribution in [-0.4, -0.2) is 67.4 Å². The number of likely N-dealkylation sites (tertiary alicyclic amines) is 1. The Morgan fingerprint density at radius 3 is 2.71 bits per heavy atom. The molecule has 28 heavy (non-hydrogen) atoms. The van der Waals surface area contributed by atoms with Gasteiger partial charge in [0.15, 0.2) is 6.61 Å². The van der Waals surface area contributed by atoms with Crippen molar-refractivity contribution in [2.24, 2.45) is 0 Å². The van der Waals surface area contributed by atoms with Crippen LogP contribution in [0.2, 0.25) is 0 Å². The molecule has 5 nitrogen and oxygen atoms in total. The van der Waals surface area contributed by atoms with Crippen molar-refractivity contribution < 1.29 is 27.4 Å². The summed E-state index contributed by atoms with van der Waals surface area (Å²) in [4.78, 5) is 16.5. The van der Waals surface area contributed by atoms with Gasteiger partial charge in [-0.15, -0.1) is 0 Å². The van der Waals surface area contributed by atoms with Gasteiger partial charge in [0, 0.05) is 32.8 Å². The van der Waals surface area contributed by atoms with Crippen LogP contribution in [-0.2, 0) is 16.1 Å². The molecule has 0 spiro atoms. The highest BCUT2D eigenvalue weighted by atomic mass is 19.4. The van der Waals surface area contributed by atoms with E-state index in [-0.39, 0.29) is 24.3 Å². The molecule has 0 unspecified atom stereocenters. The second kappa shape index (κ2) is 9.60. The number of benzene rings is 1. The fourth-order valence-corrected chi connectivity index (χ4v) is 3.68. The lowest BCUT2D eigenvalue weighted by molar-refractivity contribution is -0.153. The summed E-state index contributed by atoms with van der Waals surface area (Å²) in [5.74, 6) is 0.276. The SMILES string of the molecule is O=C(CN(Cc1cccc(OCC(F)(F)F)c1)C[C@H]1CCCO1)N1CCCC1. The summed E-state index contributed by atoms with van der Waals surface area (Å²) in [5.41, 5.74) is 0.812. The summed E-state index contributed by atoms with van der Waals surface area (Å²) in [6.07, 6.45) is -0.227. The van der Waals surface area contributed by atoms with Gasteiger partial charge in [-0.05, 0) is 43.4 Å². The van der Waals surface area contributed by atoms with E-state index in [4.69, 9.17) is 9.47 Å².